The average Bonchev–Trinajstić information content (AvgIpc) is 1.85. The molecule has 4 nitrogen and oxygen atoms in total. The van der Waals surface area contributed by atoms with Gasteiger partial charge >= 0.3 is 0 Å². The molecule has 0 aliphatic carbocycles. The number of aliphatic hydroxyl groups excluding tert-OH is 1. The number of rotatable bonds is 6. The van der Waals surface area contributed by atoms with Crippen molar-refractivity contribution in [2.45, 2.75) is 6.42 Å². The zero-order valence-electron chi connectivity index (χ0n) is 6.69. The van der Waals surface area contributed by atoms with Gasteiger partial charge in [0, 0.05) is 19.4 Å². The molecule has 0 fully saturated rings. The molecule has 0 saturated carbocycles. The van der Waals surface area contributed by atoms with Crippen molar-refractivity contribution in [2.24, 2.45) is 0 Å². The first-order valence-electron chi connectivity index (χ1n) is 3.54. The predicted octanol–water partition coefficient (Wildman–Crippen LogP) is 0.286. The molecule has 0 bridgehead atoms. The summed E-state index contributed by atoms with van der Waals surface area (Å²) in [5.74, 6) is 0. The summed E-state index contributed by atoms with van der Waals surface area (Å²) in [7, 11) is -2.86. The van der Waals surface area contributed by atoms with Gasteiger partial charge in [-0.3, -0.25) is 4.57 Å². The normalized spacial score (nSPS) is 16.3. The highest BCUT2D eigenvalue weighted by Crippen LogP contribution is 2.35. The minimum Gasteiger partial charge on any atom is -0.394 e. The largest absolute Gasteiger partial charge is 0.394 e. The predicted molar refractivity (Wildman–Crippen MR) is 43.1 cm³/mol. The molecule has 68 valence electrons. The van der Waals surface area contributed by atoms with Crippen LogP contribution in [0.5, 0.6) is 0 Å². The first-order valence-corrected chi connectivity index (χ1v) is 5.83. The molecule has 0 amide bonds. The van der Waals surface area contributed by atoms with Crippen LogP contribution in [0, 0.1) is 0 Å². The maximum atomic E-state index is 10.7. The fourth-order valence-corrected chi connectivity index (χ4v) is 1.34. The number of aliphatic hydroxyl groups is 1. The van der Waals surface area contributed by atoms with E-state index in [4.69, 9.17) is 14.7 Å². The zero-order valence-corrected chi connectivity index (χ0v) is 7.59. The van der Waals surface area contributed by atoms with Crippen molar-refractivity contribution < 1.29 is 19.3 Å². The third-order valence-electron chi connectivity index (χ3n) is 1.10. The molecule has 0 radical (unpaired) electrons. The van der Waals surface area contributed by atoms with Gasteiger partial charge in [-0.1, -0.05) is 0 Å². The van der Waals surface area contributed by atoms with Crippen molar-refractivity contribution in [1.82, 2.24) is 0 Å². The summed E-state index contributed by atoms with van der Waals surface area (Å²) in [6, 6.07) is 0. The van der Waals surface area contributed by atoms with Crippen molar-refractivity contribution in [3.63, 3.8) is 0 Å². The van der Waals surface area contributed by atoms with Crippen LogP contribution < -0.4 is 0 Å². The third-order valence-corrected chi connectivity index (χ3v) is 2.24. The summed E-state index contributed by atoms with van der Waals surface area (Å²) in [5.41, 5.74) is 0. The van der Waals surface area contributed by atoms with Crippen molar-refractivity contribution in [3.05, 3.63) is 0 Å². The Morgan fingerprint density at radius 1 is 1.45 bits per heavy atom. The van der Waals surface area contributed by atoms with Gasteiger partial charge in [0.05, 0.1) is 13.2 Å². The highest BCUT2D eigenvalue weighted by Gasteiger charge is 2.07. The molecule has 0 saturated heterocycles. The SMILES string of the molecule is CP(=O)(O)CCCOCCO. The lowest BCUT2D eigenvalue weighted by atomic mass is 10.5. The van der Waals surface area contributed by atoms with Gasteiger partial charge in [-0.05, 0) is 6.42 Å². The van der Waals surface area contributed by atoms with Crippen LogP contribution in [0.2, 0.25) is 0 Å². The monoisotopic (exact) mass is 182 g/mol. The van der Waals surface area contributed by atoms with Crippen molar-refractivity contribution in [1.29, 1.82) is 0 Å². The lowest BCUT2D eigenvalue weighted by Crippen LogP contribution is -2.02. The Hall–Kier alpha value is 0.110. The van der Waals surface area contributed by atoms with E-state index in [0.717, 1.165) is 0 Å². The van der Waals surface area contributed by atoms with Gasteiger partial charge < -0.3 is 14.7 Å². The molecule has 1 atom stereocenters. The number of hydrogen-bond acceptors (Lipinski definition) is 3. The van der Waals surface area contributed by atoms with E-state index in [1.54, 1.807) is 0 Å². The molecular formula is C6H15O4P. The van der Waals surface area contributed by atoms with Gasteiger partial charge in [0.2, 0.25) is 0 Å². The van der Waals surface area contributed by atoms with Gasteiger partial charge in [-0.25, -0.2) is 0 Å². The topological polar surface area (TPSA) is 66.8 Å². The first-order chi connectivity index (χ1) is 5.06. The van der Waals surface area contributed by atoms with Crippen LogP contribution in [0.4, 0.5) is 0 Å². The van der Waals surface area contributed by atoms with Crippen LogP contribution in [0.1, 0.15) is 6.42 Å². The highest BCUT2D eigenvalue weighted by atomic mass is 31.2. The molecule has 11 heavy (non-hydrogen) atoms. The molecule has 2 N–H and O–H groups in total. The molecular weight excluding hydrogens is 167 g/mol. The second kappa shape index (κ2) is 5.72. The minimum absolute atomic E-state index is 0.00289. The van der Waals surface area contributed by atoms with E-state index < -0.39 is 7.37 Å². The Bertz CT molecular complexity index is 131. The van der Waals surface area contributed by atoms with Crippen LogP contribution in [-0.2, 0) is 9.30 Å². The Labute approximate surface area is 66.6 Å². The number of ether oxygens (including phenoxy) is 1. The fraction of sp³-hybridized carbons (Fsp3) is 1.00. The van der Waals surface area contributed by atoms with Crippen molar-refractivity contribution in [3.8, 4) is 0 Å². The molecule has 0 spiro atoms. The Kier molecular flexibility index (Phi) is 5.78. The molecule has 0 aromatic heterocycles. The molecule has 0 aromatic rings. The third kappa shape index (κ3) is 10.1. The standard InChI is InChI=1S/C6H15O4P/c1-11(8,9)6-2-4-10-5-3-7/h7H,2-6H2,1H3,(H,8,9). The minimum atomic E-state index is -2.86. The van der Waals surface area contributed by atoms with Crippen LogP contribution >= 0.6 is 7.37 Å². The molecule has 5 heteroatoms. The van der Waals surface area contributed by atoms with Crippen molar-refractivity contribution in [2.75, 3.05) is 32.6 Å². The second-order valence-electron chi connectivity index (χ2n) is 2.46. The molecule has 0 heterocycles. The lowest BCUT2D eigenvalue weighted by Gasteiger charge is -2.04. The lowest BCUT2D eigenvalue weighted by molar-refractivity contribution is 0.0929. The van der Waals surface area contributed by atoms with E-state index in [2.05, 4.69) is 0 Å². The molecule has 0 aliphatic rings. The Morgan fingerprint density at radius 3 is 2.55 bits per heavy atom. The van der Waals surface area contributed by atoms with Crippen LogP contribution in [0.25, 0.3) is 0 Å². The molecule has 1 unspecified atom stereocenters. The fourth-order valence-electron chi connectivity index (χ4n) is 0.627. The van der Waals surface area contributed by atoms with Crippen LogP contribution in [0.3, 0.4) is 0 Å². The summed E-state index contributed by atoms with van der Waals surface area (Å²) in [6.45, 7) is 2.08. The van der Waals surface area contributed by atoms with Crippen molar-refractivity contribution >= 4 is 7.37 Å². The highest BCUT2D eigenvalue weighted by molar-refractivity contribution is 7.57. The average molecular weight is 182 g/mol. The summed E-state index contributed by atoms with van der Waals surface area (Å²) >= 11 is 0. The maximum Gasteiger partial charge on any atom is 0.197 e. The molecule has 0 aliphatic heterocycles. The summed E-state index contributed by atoms with van der Waals surface area (Å²) in [4.78, 5) is 8.82. The van der Waals surface area contributed by atoms with E-state index in [1.165, 1.54) is 6.66 Å². The molecule has 0 aromatic carbocycles. The van der Waals surface area contributed by atoms with Gasteiger partial charge in [0.15, 0.2) is 7.37 Å². The van der Waals surface area contributed by atoms with Gasteiger partial charge in [-0.15, -0.1) is 0 Å². The van der Waals surface area contributed by atoms with E-state index in [-0.39, 0.29) is 6.61 Å². The van der Waals surface area contributed by atoms with Gasteiger partial charge in [0.1, 0.15) is 0 Å². The first kappa shape index (κ1) is 11.1. The van der Waals surface area contributed by atoms with E-state index in [1.807, 2.05) is 0 Å². The zero-order chi connectivity index (χ0) is 8.74. The van der Waals surface area contributed by atoms with E-state index >= 15 is 0 Å². The molecule has 0 rings (SSSR count). The van der Waals surface area contributed by atoms with E-state index in [9.17, 15) is 4.57 Å². The van der Waals surface area contributed by atoms with Gasteiger partial charge in [0.25, 0.3) is 0 Å². The Balaban J connectivity index is 3.09. The van der Waals surface area contributed by atoms with Gasteiger partial charge in [-0.2, -0.15) is 0 Å². The van der Waals surface area contributed by atoms with Crippen LogP contribution in [-0.4, -0.2) is 42.6 Å². The summed E-state index contributed by atoms with van der Waals surface area (Å²) in [5, 5.41) is 8.30. The quantitative estimate of drug-likeness (QED) is 0.457. The summed E-state index contributed by atoms with van der Waals surface area (Å²) < 4.78 is 15.6. The second-order valence-corrected chi connectivity index (χ2v) is 5.01. The maximum absolute atomic E-state index is 10.7. The summed E-state index contributed by atoms with van der Waals surface area (Å²) in [6.07, 6.45) is 0.864. The van der Waals surface area contributed by atoms with Crippen LogP contribution in [0.15, 0.2) is 0 Å². The smallest absolute Gasteiger partial charge is 0.197 e. The Morgan fingerprint density at radius 2 is 2.09 bits per heavy atom. The van der Waals surface area contributed by atoms with E-state index in [0.29, 0.717) is 25.8 Å². The number of hydrogen-bond donors (Lipinski definition) is 2.